The van der Waals surface area contributed by atoms with E-state index in [4.69, 9.17) is 0 Å². The van der Waals surface area contributed by atoms with Crippen LogP contribution in [0.3, 0.4) is 0 Å². The monoisotopic (exact) mass is 159 g/mol. The summed E-state index contributed by atoms with van der Waals surface area (Å²) in [5.74, 6) is -2.81. The highest BCUT2D eigenvalue weighted by Gasteiger charge is 2.56. The molecule has 5 nitrogen and oxygen atoms in total. The van der Waals surface area contributed by atoms with Crippen molar-refractivity contribution in [1.82, 2.24) is 5.32 Å². The summed E-state index contributed by atoms with van der Waals surface area (Å²) in [5.41, 5.74) is 0. The lowest BCUT2D eigenvalue weighted by Crippen LogP contribution is -2.55. The molecule has 3 N–H and O–H groups in total. The number of esters is 1. The second-order valence-corrected chi connectivity index (χ2v) is 2.95. The quantitative estimate of drug-likeness (QED) is 0.350. The van der Waals surface area contributed by atoms with Gasteiger partial charge >= 0.3 is 5.97 Å². The first-order valence-electron chi connectivity index (χ1n) is 3.47. The van der Waals surface area contributed by atoms with Gasteiger partial charge < -0.3 is 20.3 Å². The minimum atomic E-state index is -1.68. The van der Waals surface area contributed by atoms with E-state index < -0.39 is 23.8 Å². The minimum Gasteiger partial charge on any atom is -0.429 e. The molecule has 0 unspecified atom stereocenters. The second-order valence-electron chi connectivity index (χ2n) is 2.95. The van der Waals surface area contributed by atoms with Gasteiger partial charge in [0, 0.05) is 6.54 Å². The highest BCUT2D eigenvalue weighted by atomic mass is 16.7. The van der Waals surface area contributed by atoms with E-state index >= 15 is 0 Å². The predicted octanol–water partition coefficient (Wildman–Crippen LogP) is -2.19. The number of ether oxygens (including phenoxy) is 1. The van der Waals surface area contributed by atoms with Gasteiger partial charge in [-0.05, 0) is 0 Å². The van der Waals surface area contributed by atoms with Crippen LogP contribution in [0.1, 0.15) is 0 Å². The number of hydrogen-bond donors (Lipinski definition) is 3. The average Bonchev–Trinajstić information content (AvgIpc) is 2.13. The first-order chi connectivity index (χ1) is 5.13. The summed E-state index contributed by atoms with van der Waals surface area (Å²) in [6.45, 7) is 0.485. The van der Waals surface area contributed by atoms with Gasteiger partial charge in [0.25, 0.3) is 5.79 Å². The molecule has 2 rings (SSSR count). The summed E-state index contributed by atoms with van der Waals surface area (Å²) < 4.78 is 4.59. The number of piperidine rings is 1. The van der Waals surface area contributed by atoms with Crippen LogP contribution in [0.15, 0.2) is 0 Å². The lowest BCUT2D eigenvalue weighted by molar-refractivity contribution is -0.215. The molecule has 0 spiro atoms. The van der Waals surface area contributed by atoms with Gasteiger partial charge in [0.1, 0.15) is 12.0 Å². The molecule has 0 amide bonds. The van der Waals surface area contributed by atoms with Crippen molar-refractivity contribution in [3.05, 3.63) is 0 Å². The fourth-order valence-corrected chi connectivity index (χ4v) is 1.50. The predicted molar refractivity (Wildman–Crippen MR) is 33.4 cm³/mol. The van der Waals surface area contributed by atoms with Gasteiger partial charge in [-0.25, -0.2) is 0 Å². The Morgan fingerprint density at radius 2 is 2.45 bits per heavy atom. The van der Waals surface area contributed by atoms with Crippen LogP contribution in [0.4, 0.5) is 0 Å². The van der Waals surface area contributed by atoms with Gasteiger partial charge in [-0.3, -0.25) is 4.79 Å². The number of carbonyl (C=O) groups is 1. The Bertz CT molecular complexity index is 207. The first kappa shape index (κ1) is 7.02. The Balaban J connectivity index is 2.31. The summed E-state index contributed by atoms with van der Waals surface area (Å²) in [6, 6.07) is 0. The van der Waals surface area contributed by atoms with Crippen LogP contribution in [-0.2, 0) is 9.53 Å². The zero-order valence-electron chi connectivity index (χ0n) is 5.78. The number of β-amino-alcohol motifs (C(OH)–C–C–N with tert-alkyl or cyclic N) is 1. The van der Waals surface area contributed by atoms with Crippen molar-refractivity contribution in [3.8, 4) is 0 Å². The molecule has 0 aromatic heterocycles. The van der Waals surface area contributed by atoms with Crippen LogP contribution in [0, 0.1) is 5.92 Å². The fraction of sp³-hybridized carbons (Fsp3) is 0.833. The highest BCUT2D eigenvalue weighted by Crippen LogP contribution is 2.31. The number of aliphatic hydroxyl groups is 2. The van der Waals surface area contributed by atoms with Gasteiger partial charge in [0.15, 0.2) is 0 Å². The van der Waals surface area contributed by atoms with Crippen LogP contribution >= 0.6 is 0 Å². The van der Waals surface area contributed by atoms with Crippen molar-refractivity contribution in [2.45, 2.75) is 11.9 Å². The van der Waals surface area contributed by atoms with Crippen LogP contribution in [0.25, 0.3) is 0 Å². The number of aliphatic hydroxyl groups excluding tert-OH is 1. The summed E-state index contributed by atoms with van der Waals surface area (Å²) >= 11 is 0. The van der Waals surface area contributed by atoms with Crippen molar-refractivity contribution in [2.75, 3.05) is 13.1 Å². The fourth-order valence-electron chi connectivity index (χ4n) is 1.50. The number of carbonyl (C=O) groups excluding carboxylic acids is 1. The summed E-state index contributed by atoms with van der Waals surface area (Å²) in [4.78, 5) is 10.9. The highest BCUT2D eigenvalue weighted by molar-refractivity contribution is 5.77. The average molecular weight is 159 g/mol. The Labute approximate surface area is 63.0 Å². The molecule has 0 saturated carbocycles. The summed E-state index contributed by atoms with van der Waals surface area (Å²) in [5, 5.41) is 21.5. The lowest BCUT2D eigenvalue weighted by atomic mass is 9.95. The van der Waals surface area contributed by atoms with E-state index in [0.29, 0.717) is 6.54 Å². The van der Waals surface area contributed by atoms with Crippen molar-refractivity contribution in [1.29, 1.82) is 0 Å². The van der Waals surface area contributed by atoms with E-state index in [2.05, 4.69) is 10.1 Å². The molecule has 5 heteroatoms. The molecule has 3 atom stereocenters. The maximum Gasteiger partial charge on any atom is 0.315 e. The minimum absolute atomic E-state index is 0.108. The van der Waals surface area contributed by atoms with Crippen LogP contribution in [0.2, 0.25) is 0 Å². The van der Waals surface area contributed by atoms with Crippen LogP contribution < -0.4 is 5.32 Å². The molecule has 2 fully saturated rings. The first-order valence-corrected chi connectivity index (χ1v) is 3.47. The van der Waals surface area contributed by atoms with Crippen molar-refractivity contribution in [3.63, 3.8) is 0 Å². The van der Waals surface area contributed by atoms with Crippen molar-refractivity contribution >= 4 is 5.97 Å². The molecule has 2 aliphatic rings. The van der Waals surface area contributed by atoms with Gasteiger partial charge in [-0.1, -0.05) is 0 Å². The van der Waals surface area contributed by atoms with Crippen LogP contribution in [0.5, 0.6) is 0 Å². The van der Waals surface area contributed by atoms with Gasteiger partial charge in [0.2, 0.25) is 0 Å². The zero-order valence-corrected chi connectivity index (χ0v) is 5.78. The maximum absolute atomic E-state index is 10.9. The molecular formula is C6H9NO4. The maximum atomic E-state index is 10.9. The van der Waals surface area contributed by atoms with E-state index in [9.17, 15) is 15.0 Å². The Hall–Kier alpha value is -0.650. The van der Waals surface area contributed by atoms with E-state index in [1.165, 1.54) is 0 Å². The number of nitrogens with one attached hydrogen (secondary N) is 1. The second kappa shape index (κ2) is 1.94. The van der Waals surface area contributed by atoms with Gasteiger partial charge in [-0.2, -0.15) is 0 Å². The van der Waals surface area contributed by atoms with E-state index in [1.807, 2.05) is 0 Å². The third kappa shape index (κ3) is 0.786. The van der Waals surface area contributed by atoms with E-state index in [1.54, 1.807) is 0 Å². The molecule has 2 aliphatic heterocycles. The lowest BCUT2D eigenvalue weighted by Gasteiger charge is -2.29. The number of hydrogen-bond acceptors (Lipinski definition) is 5. The zero-order chi connectivity index (χ0) is 8.06. The standard InChI is InChI=1S/C6H9NO4/c8-4-3-1-7-2-6(4,10)11-5(3)9/h3-4,7-8,10H,1-2H2/t3-,4-,6+/m0/s1. The van der Waals surface area contributed by atoms with Crippen molar-refractivity contribution < 1.29 is 19.7 Å². The number of fused-ring (bicyclic) bond motifs is 2. The Morgan fingerprint density at radius 3 is 3.00 bits per heavy atom. The molecular weight excluding hydrogens is 150 g/mol. The summed E-state index contributed by atoms with van der Waals surface area (Å²) in [7, 11) is 0. The normalized spacial score (nSPS) is 49.1. The largest absolute Gasteiger partial charge is 0.429 e. The molecule has 2 heterocycles. The molecule has 2 saturated heterocycles. The van der Waals surface area contributed by atoms with E-state index in [0.717, 1.165) is 0 Å². The van der Waals surface area contributed by atoms with E-state index in [-0.39, 0.29) is 6.54 Å². The molecule has 0 aromatic carbocycles. The summed E-state index contributed by atoms with van der Waals surface area (Å²) in [6.07, 6.45) is -1.07. The van der Waals surface area contributed by atoms with Gasteiger partial charge in [0.05, 0.1) is 6.54 Å². The van der Waals surface area contributed by atoms with Gasteiger partial charge in [-0.15, -0.1) is 0 Å². The molecule has 0 aliphatic carbocycles. The molecule has 11 heavy (non-hydrogen) atoms. The molecule has 0 aromatic rings. The van der Waals surface area contributed by atoms with Crippen molar-refractivity contribution in [2.24, 2.45) is 5.92 Å². The molecule has 62 valence electrons. The SMILES string of the molecule is O=C1O[C@]2(O)CNC[C@H]1[C@@H]2O. The molecule has 2 bridgehead atoms. The third-order valence-electron chi connectivity index (χ3n) is 2.17. The third-order valence-corrected chi connectivity index (χ3v) is 2.17. The number of rotatable bonds is 0. The van der Waals surface area contributed by atoms with Crippen LogP contribution in [-0.4, -0.2) is 41.2 Å². The molecule has 0 radical (unpaired) electrons. The topological polar surface area (TPSA) is 78.8 Å². The Morgan fingerprint density at radius 1 is 1.73 bits per heavy atom. The Kier molecular flexibility index (Phi) is 1.24. The smallest absolute Gasteiger partial charge is 0.315 e.